The van der Waals surface area contributed by atoms with E-state index < -0.39 is 5.91 Å². The fourth-order valence-corrected chi connectivity index (χ4v) is 2.11. The number of hydrogen-bond donors (Lipinski definition) is 2. The quantitative estimate of drug-likeness (QED) is 0.734. The second-order valence-electron chi connectivity index (χ2n) is 5.19. The lowest BCUT2D eigenvalue weighted by atomic mass is 10.2. The van der Waals surface area contributed by atoms with Crippen LogP contribution in [0.15, 0.2) is 48.5 Å². The minimum atomic E-state index is -0.403. The molecule has 2 aromatic rings. The number of nitrogens with one attached hydrogen (secondary N) is 1. The van der Waals surface area contributed by atoms with Crippen LogP contribution in [0.5, 0.6) is 5.75 Å². The number of benzene rings is 2. The molecule has 1 amide bonds. The SMILES string of the molecule is Cc1ccccc1OCCCCNc1ccc(C(N)=O)cc1. The second kappa shape index (κ2) is 8.08. The van der Waals surface area contributed by atoms with Crippen LogP contribution in [0.4, 0.5) is 5.69 Å². The van der Waals surface area contributed by atoms with Crippen molar-refractivity contribution in [1.82, 2.24) is 0 Å². The third-order valence-corrected chi connectivity index (χ3v) is 3.42. The first-order valence-corrected chi connectivity index (χ1v) is 7.49. The van der Waals surface area contributed by atoms with Crippen LogP contribution in [-0.2, 0) is 0 Å². The number of primary amides is 1. The lowest BCUT2D eigenvalue weighted by Crippen LogP contribution is -2.11. The van der Waals surface area contributed by atoms with E-state index in [1.165, 1.54) is 0 Å². The van der Waals surface area contributed by atoms with Crippen molar-refractivity contribution in [2.24, 2.45) is 5.73 Å². The molecular formula is C18H22N2O2. The summed E-state index contributed by atoms with van der Waals surface area (Å²) < 4.78 is 5.75. The lowest BCUT2D eigenvalue weighted by molar-refractivity contribution is 0.100. The molecule has 0 atom stereocenters. The first-order valence-electron chi connectivity index (χ1n) is 7.49. The Bertz CT molecular complexity index is 609. The van der Waals surface area contributed by atoms with Gasteiger partial charge >= 0.3 is 0 Å². The highest BCUT2D eigenvalue weighted by Crippen LogP contribution is 2.16. The van der Waals surface area contributed by atoms with Crippen LogP contribution in [0.2, 0.25) is 0 Å². The number of rotatable bonds is 8. The van der Waals surface area contributed by atoms with Gasteiger partial charge in [-0.1, -0.05) is 18.2 Å². The molecule has 0 saturated carbocycles. The Labute approximate surface area is 131 Å². The van der Waals surface area contributed by atoms with E-state index in [0.717, 1.165) is 36.4 Å². The van der Waals surface area contributed by atoms with Crippen LogP contribution >= 0.6 is 0 Å². The topological polar surface area (TPSA) is 64.3 Å². The van der Waals surface area contributed by atoms with Gasteiger partial charge in [0.05, 0.1) is 6.61 Å². The van der Waals surface area contributed by atoms with Crippen LogP contribution in [0, 0.1) is 6.92 Å². The number of carbonyl (C=O) groups excluding carboxylic acids is 1. The molecular weight excluding hydrogens is 276 g/mol. The zero-order chi connectivity index (χ0) is 15.8. The van der Waals surface area contributed by atoms with Crippen molar-refractivity contribution in [2.45, 2.75) is 19.8 Å². The number of hydrogen-bond acceptors (Lipinski definition) is 3. The zero-order valence-electron chi connectivity index (χ0n) is 12.8. The fraction of sp³-hybridized carbons (Fsp3) is 0.278. The van der Waals surface area contributed by atoms with Crippen LogP contribution in [0.3, 0.4) is 0 Å². The summed E-state index contributed by atoms with van der Waals surface area (Å²) in [7, 11) is 0. The monoisotopic (exact) mass is 298 g/mol. The van der Waals surface area contributed by atoms with Crippen molar-refractivity contribution in [3.63, 3.8) is 0 Å². The molecule has 0 heterocycles. The second-order valence-corrected chi connectivity index (χ2v) is 5.19. The molecule has 4 nitrogen and oxygen atoms in total. The van der Waals surface area contributed by atoms with Gasteiger partial charge in [0.2, 0.25) is 5.91 Å². The van der Waals surface area contributed by atoms with Crippen molar-refractivity contribution in [3.05, 3.63) is 59.7 Å². The summed E-state index contributed by atoms with van der Waals surface area (Å²) >= 11 is 0. The molecule has 116 valence electrons. The Balaban J connectivity index is 1.63. The minimum absolute atomic E-state index is 0.403. The summed E-state index contributed by atoms with van der Waals surface area (Å²) in [6.07, 6.45) is 2.00. The smallest absolute Gasteiger partial charge is 0.248 e. The maximum Gasteiger partial charge on any atom is 0.248 e. The van der Waals surface area contributed by atoms with Gasteiger partial charge < -0.3 is 15.8 Å². The fourth-order valence-electron chi connectivity index (χ4n) is 2.11. The molecule has 0 aromatic heterocycles. The van der Waals surface area contributed by atoms with Crippen molar-refractivity contribution in [2.75, 3.05) is 18.5 Å². The summed E-state index contributed by atoms with van der Waals surface area (Å²) in [5, 5.41) is 3.31. The van der Waals surface area contributed by atoms with E-state index >= 15 is 0 Å². The molecule has 3 N–H and O–H groups in total. The summed E-state index contributed by atoms with van der Waals surface area (Å²) in [4.78, 5) is 11.0. The largest absolute Gasteiger partial charge is 0.493 e. The lowest BCUT2D eigenvalue weighted by Gasteiger charge is -2.09. The highest BCUT2D eigenvalue weighted by molar-refractivity contribution is 5.93. The molecule has 2 rings (SSSR count). The Hall–Kier alpha value is -2.49. The number of unbranched alkanes of at least 4 members (excludes halogenated alkanes) is 1. The summed E-state index contributed by atoms with van der Waals surface area (Å²) in [5.41, 5.74) is 7.88. The van der Waals surface area contributed by atoms with E-state index in [4.69, 9.17) is 10.5 Å². The molecule has 0 aliphatic rings. The molecule has 0 bridgehead atoms. The maximum absolute atomic E-state index is 11.0. The van der Waals surface area contributed by atoms with Crippen molar-refractivity contribution in [1.29, 1.82) is 0 Å². The van der Waals surface area contributed by atoms with Gasteiger partial charge in [0.25, 0.3) is 0 Å². The molecule has 0 spiro atoms. The zero-order valence-corrected chi connectivity index (χ0v) is 12.8. The van der Waals surface area contributed by atoms with Crippen LogP contribution < -0.4 is 15.8 Å². The summed E-state index contributed by atoms with van der Waals surface area (Å²) in [5.74, 6) is 0.553. The number of anilines is 1. The number of carbonyl (C=O) groups is 1. The first kappa shape index (κ1) is 15.9. The average Bonchev–Trinajstić information content (AvgIpc) is 2.53. The molecule has 0 aliphatic heterocycles. The van der Waals surface area contributed by atoms with E-state index in [-0.39, 0.29) is 0 Å². The Kier molecular flexibility index (Phi) is 5.83. The highest BCUT2D eigenvalue weighted by Gasteiger charge is 2.00. The molecule has 0 saturated heterocycles. The van der Waals surface area contributed by atoms with E-state index in [1.807, 2.05) is 43.3 Å². The van der Waals surface area contributed by atoms with Gasteiger partial charge in [-0.3, -0.25) is 4.79 Å². The van der Waals surface area contributed by atoms with E-state index in [0.29, 0.717) is 12.2 Å². The van der Waals surface area contributed by atoms with Gasteiger partial charge in [0, 0.05) is 17.8 Å². The molecule has 22 heavy (non-hydrogen) atoms. The van der Waals surface area contributed by atoms with E-state index in [2.05, 4.69) is 5.32 Å². The summed E-state index contributed by atoms with van der Waals surface area (Å²) in [6.45, 7) is 3.63. The molecule has 0 fully saturated rings. The van der Waals surface area contributed by atoms with E-state index in [1.54, 1.807) is 12.1 Å². The number of para-hydroxylation sites is 1. The Morgan fingerprint density at radius 3 is 2.50 bits per heavy atom. The molecule has 0 unspecified atom stereocenters. The molecule has 2 aromatic carbocycles. The highest BCUT2D eigenvalue weighted by atomic mass is 16.5. The Morgan fingerprint density at radius 1 is 1.09 bits per heavy atom. The van der Waals surface area contributed by atoms with Gasteiger partial charge in [-0.25, -0.2) is 0 Å². The number of nitrogens with two attached hydrogens (primary N) is 1. The van der Waals surface area contributed by atoms with Crippen molar-refractivity contribution < 1.29 is 9.53 Å². The number of amides is 1. The third kappa shape index (κ3) is 4.81. The van der Waals surface area contributed by atoms with Gasteiger partial charge in [0.1, 0.15) is 5.75 Å². The van der Waals surface area contributed by atoms with E-state index in [9.17, 15) is 4.79 Å². The van der Waals surface area contributed by atoms with Gasteiger partial charge in [-0.15, -0.1) is 0 Å². The standard InChI is InChI=1S/C18H22N2O2/c1-14-6-2-3-7-17(14)22-13-5-4-12-20-16-10-8-15(9-11-16)18(19)21/h2-3,6-11,20H,4-5,12-13H2,1H3,(H2,19,21). The predicted octanol–water partition coefficient (Wildman–Crippen LogP) is 3.37. The van der Waals surface area contributed by atoms with Gasteiger partial charge in [0.15, 0.2) is 0 Å². The third-order valence-electron chi connectivity index (χ3n) is 3.42. The average molecular weight is 298 g/mol. The number of aryl methyl sites for hydroxylation is 1. The predicted molar refractivity (Wildman–Crippen MR) is 89.4 cm³/mol. The first-order chi connectivity index (χ1) is 10.7. The van der Waals surface area contributed by atoms with Gasteiger partial charge in [-0.05, 0) is 55.7 Å². The van der Waals surface area contributed by atoms with Crippen molar-refractivity contribution >= 4 is 11.6 Å². The van der Waals surface area contributed by atoms with Crippen LogP contribution in [0.25, 0.3) is 0 Å². The maximum atomic E-state index is 11.0. The van der Waals surface area contributed by atoms with Crippen LogP contribution in [-0.4, -0.2) is 19.1 Å². The summed E-state index contributed by atoms with van der Waals surface area (Å²) in [6, 6.07) is 15.2. The Morgan fingerprint density at radius 2 is 1.82 bits per heavy atom. The molecule has 0 aliphatic carbocycles. The normalized spacial score (nSPS) is 10.2. The van der Waals surface area contributed by atoms with Crippen LogP contribution in [0.1, 0.15) is 28.8 Å². The molecule has 4 heteroatoms. The number of ether oxygens (including phenoxy) is 1. The molecule has 0 radical (unpaired) electrons. The minimum Gasteiger partial charge on any atom is -0.493 e. The van der Waals surface area contributed by atoms with Crippen molar-refractivity contribution in [3.8, 4) is 5.75 Å². The van der Waals surface area contributed by atoms with Gasteiger partial charge in [-0.2, -0.15) is 0 Å².